The highest BCUT2D eigenvalue weighted by Gasteiger charge is 2.01. The van der Waals surface area contributed by atoms with Crippen molar-refractivity contribution in [2.75, 3.05) is 13.1 Å². The predicted octanol–water partition coefficient (Wildman–Crippen LogP) is 1.29. The maximum Gasteiger partial charge on any atom is 0.314 e. The minimum absolute atomic E-state index is 0.112. The minimum atomic E-state index is -0.112. The van der Waals surface area contributed by atoms with Crippen molar-refractivity contribution in [3.63, 3.8) is 0 Å². The van der Waals surface area contributed by atoms with E-state index in [2.05, 4.69) is 20.7 Å². The van der Waals surface area contributed by atoms with Gasteiger partial charge in [0.2, 0.25) is 0 Å². The molecule has 0 aromatic carbocycles. The van der Waals surface area contributed by atoms with Crippen molar-refractivity contribution in [2.24, 2.45) is 0 Å². The van der Waals surface area contributed by atoms with Crippen molar-refractivity contribution in [2.45, 2.75) is 26.7 Å². The van der Waals surface area contributed by atoms with Gasteiger partial charge < -0.3 is 10.6 Å². The van der Waals surface area contributed by atoms with Gasteiger partial charge in [0.25, 0.3) is 0 Å². The molecule has 19 heavy (non-hydrogen) atoms. The fourth-order valence-corrected chi connectivity index (χ4v) is 1.88. The molecule has 0 saturated carbocycles. The normalized spacial score (nSPS) is 10.6. The van der Waals surface area contributed by atoms with Crippen LogP contribution in [0, 0.1) is 6.92 Å². The van der Waals surface area contributed by atoms with Gasteiger partial charge in [0, 0.05) is 31.5 Å². The van der Waals surface area contributed by atoms with Crippen LogP contribution in [0.15, 0.2) is 18.5 Å². The predicted molar refractivity (Wildman–Crippen MR) is 73.1 cm³/mol. The van der Waals surface area contributed by atoms with Gasteiger partial charge in [-0.15, -0.1) is 0 Å². The second-order valence-corrected chi connectivity index (χ2v) is 4.44. The molecule has 0 fully saturated rings. The third-order valence-electron chi connectivity index (χ3n) is 2.75. The number of rotatable bonds is 5. The van der Waals surface area contributed by atoms with E-state index in [1.165, 1.54) is 0 Å². The molecule has 0 unspecified atom stereocenters. The lowest BCUT2D eigenvalue weighted by molar-refractivity contribution is 0.241. The average Bonchev–Trinajstić information content (AvgIpc) is 2.74. The Balaban J connectivity index is 1.83. The molecule has 0 spiro atoms. The number of nitrogens with one attached hydrogen (secondary N) is 2. The summed E-state index contributed by atoms with van der Waals surface area (Å²) in [5, 5.41) is 9.83. The molecule has 2 N–H and O–H groups in total. The van der Waals surface area contributed by atoms with E-state index in [0.717, 1.165) is 29.7 Å². The van der Waals surface area contributed by atoms with Crippen LogP contribution in [0.4, 0.5) is 4.79 Å². The van der Waals surface area contributed by atoms with Crippen LogP contribution < -0.4 is 10.6 Å². The molecule has 0 bridgehead atoms. The van der Waals surface area contributed by atoms with Gasteiger partial charge in [-0.05, 0) is 32.3 Å². The van der Waals surface area contributed by atoms with Crippen molar-refractivity contribution in [3.8, 4) is 0 Å². The summed E-state index contributed by atoms with van der Waals surface area (Å²) in [5.74, 6) is 0. The highest BCUT2D eigenvalue weighted by atomic mass is 16.2. The molecule has 0 saturated heterocycles. The molecule has 2 aromatic rings. The number of hydrogen-bond donors (Lipinski definition) is 2. The van der Waals surface area contributed by atoms with Crippen LogP contribution in [0.3, 0.4) is 0 Å². The Kier molecular flexibility index (Phi) is 4.33. The lowest BCUT2D eigenvalue weighted by Gasteiger charge is -2.05. The number of fused-ring (bicyclic) bond motifs is 1. The average molecular weight is 261 g/mol. The van der Waals surface area contributed by atoms with Gasteiger partial charge in [-0.2, -0.15) is 5.10 Å². The number of aryl methyl sites for hydroxylation is 2. The van der Waals surface area contributed by atoms with Crippen molar-refractivity contribution in [3.05, 3.63) is 29.7 Å². The SMILES string of the molecule is CCNC(=O)NCCCc1cnc2cc(C)nn2c1. The van der Waals surface area contributed by atoms with Crippen LogP contribution in [0.25, 0.3) is 5.65 Å². The maximum atomic E-state index is 11.2. The van der Waals surface area contributed by atoms with Gasteiger partial charge in [-0.1, -0.05) is 0 Å². The standard InChI is InChI=1S/C13H19N5O/c1-3-14-13(19)15-6-4-5-11-8-16-12-7-10(2)17-18(12)9-11/h7-9H,3-6H2,1-2H3,(H2,14,15,19). The molecule has 2 aromatic heterocycles. The first-order valence-corrected chi connectivity index (χ1v) is 6.51. The smallest absolute Gasteiger partial charge is 0.314 e. The molecular weight excluding hydrogens is 242 g/mol. The number of urea groups is 1. The summed E-state index contributed by atoms with van der Waals surface area (Å²) in [6.07, 6.45) is 5.60. The summed E-state index contributed by atoms with van der Waals surface area (Å²) in [6.45, 7) is 5.14. The fourth-order valence-electron chi connectivity index (χ4n) is 1.88. The van der Waals surface area contributed by atoms with Crippen molar-refractivity contribution in [1.82, 2.24) is 25.2 Å². The molecule has 2 rings (SSSR count). The zero-order valence-corrected chi connectivity index (χ0v) is 11.3. The highest BCUT2D eigenvalue weighted by molar-refractivity contribution is 5.73. The number of carbonyl (C=O) groups is 1. The minimum Gasteiger partial charge on any atom is -0.338 e. The monoisotopic (exact) mass is 261 g/mol. The maximum absolute atomic E-state index is 11.2. The largest absolute Gasteiger partial charge is 0.338 e. The highest BCUT2D eigenvalue weighted by Crippen LogP contribution is 2.06. The number of hydrogen-bond acceptors (Lipinski definition) is 3. The Morgan fingerprint density at radius 1 is 1.42 bits per heavy atom. The fraction of sp³-hybridized carbons (Fsp3) is 0.462. The summed E-state index contributed by atoms with van der Waals surface area (Å²) in [7, 11) is 0. The van der Waals surface area contributed by atoms with E-state index in [4.69, 9.17) is 0 Å². The van der Waals surface area contributed by atoms with E-state index < -0.39 is 0 Å². The zero-order chi connectivity index (χ0) is 13.7. The second kappa shape index (κ2) is 6.17. The summed E-state index contributed by atoms with van der Waals surface area (Å²) in [4.78, 5) is 15.5. The van der Waals surface area contributed by atoms with Gasteiger partial charge >= 0.3 is 6.03 Å². The first-order chi connectivity index (χ1) is 9.19. The lowest BCUT2D eigenvalue weighted by Crippen LogP contribution is -2.35. The topological polar surface area (TPSA) is 71.3 Å². The molecule has 0 aliphatic heterocycles. The Bertz CT molecular complexity index is 563. The third kappa shape index (κ3) is 3.67. The van der Waals surface area contributed by atoms with E-state index in [-0.39, 0.29) is 6.03 Å². The van der Waals surface area contributed by atoms with Crippen LogP contribution in [0.1, 0.15) is 24.6 Å². The summed E-state index contributed by atoms with van der Waals surface area (Å²) >= 11 is 0. The number of nitrogens with zero attached hydrogens (tertiary/aromatic N) is 3. The Morgan fingerprint density at radius 2 is 2.26 bits per heavy atom. The molecule has 6 heteroatoms. The quantitative estimate of drug-likeness (QED) is 0.797. The van der Waals surface area contributed by atoms with E-state index >= 15 is 0 Å². The number of aromatic nitrogens is 3. The van der Waals surface area contributed by atoms with Gasteiger partial charge in [0.15, 0.2) is 5.65 Å². The first-order valence-electron chi connectivity index (χ1n) is 6.51. The summed E-state index contributed by atoms with van der Waals surface area (Å²) < 4.78 is 1.79. The molecular formula is C13H19N5O. The van der Waals surface area contributed by atoms with Gasteiger partial charge in [0.05, 0.1) is 5.69 Å². The van der Waals surface area contributed by atoms with Gasteiger partial charge in [-0.3, -0.25) is 0 Å². The number of amides is 2. The zero-order valence-electron chi connectivity index (χ0n) is 11.3. The molecule has 0 atom stereocenters. The van der Waals surface area contributed by atoms with Crippen molar-refractivity contribution >= 4 is 11.7 Å². The summed E-state index contributed by atoms with van der Waals surface area (Å²) in [5.41, 5.74) is 2.94. The van der Waals surface area contributed by atoms with Crippen LogP contribution >= 0.6 is 0 Å². The molecule has 2 heterocycles. The van der Waals surface area contributed by atoms with Crippen LogP contribution in [-0.2, 0) is 6.42 Å². The molecule has 2 amide bonds. The van der Waals surface area contributed by atoms with Gasteiger partial charge in [-0.25, -0.2) is 14.3 Å². The second-order valence-electron chi connectivity index (χ2n) is 4.44. The van der Waals surface area contributed by atoms with E-state index in [0.29, 0.717) is 13.1 Å². The van der Waals surface area contributed by atoms with Crippen LogP contribution in [0.2, 0.25) is 0 Å². The number of carbonyl (C=O) groups excluding carboxylic acids is 1. The molecule has 0 radical (unpaired) electrons. The van der Waals surface area contributed by atoms with Crippen LogP contribution in [0.5, 0.6) is 0 Å². The third-order valence-corrected chi connectivity index (χ3v) is 2.75. The van der Waals surface area contributed by atoms with Crippen molar-refractivity contribution < 1.29 is 4.79 Å². The van der Waals surface area contributed by atoms with Crippen LogP contribution in [-0.4, -0.2) is 33.7 Å². The summed E-state index contributed by atoms with van der Waals surface area (Å²) in [6, 6.07) is 1.83. The molecule has 0 aliphatic rings. The first kappa shape index (κ1) is 13.3. The Hall–Kier alpha value is -2.11. The Morgan fingerprint density at radius 3 is 3.05 bits per heavy atom. The van der Waals surface area contributed by atoms with Crippen molar-refractivity contribution in [1.29, 1.82) is 0 Å². The lowest BCUT2D eigenvalue weighted by atomic mass is 10.2. The van der Waals surface area contributed by atoms with E-state index in [1.807, 2.05) is 32.3 Å². The molecule has 6 nitrogen and oxygen atoms in total. The Labute approximate surface area is 112 Å². The van der Waals surface area contributed by atoms with E-state index in [9.17, 15) is 4.79 Å². The molecule has 102 valence electrons. The molecule has 0 aliphatic carbocycles. The van der Waals surface area contributed by atoms with Gasteiger partial charge in [0.1, 0.15) is 0 Å². The van der Waals surface area contributed by atoms with E-state index in [1.54, 1.807) is 4.52 Å².